The van der Waals surface area contributed by atoms with E-state index >= 15 is 0 Å². The van der Waals surface area contributed by atoms with Gasteiger partial charge in [0.1, 0.15) is 17.9 Å². The van der Waals surface area contributed by atoms with Crippen LogP contribution in [-0.4, -0.2) is 28.4 Å². The lowest BCUT2D eigenvalue weighted by molar-refractivity contribution is 0.362. The van der Waals surface area contributed by atoms with Crippen molar-refractivity contribution in [3.8, 4) is 17.2 Å². The molecule has 0 saturated carbocycles. The van der Waals surface area contributed by atoms with Crippen LogP contribution in [0.3, 0.4) is 0 Å². The number of pyridine rings is 1. The van der Waals surface area contributed by atoms with E-state index < -0.39 is 7.60 Å². The van der Waals surface area contributed by atoms with E-state index in [1.807, 2.05) is 19.9 Å². The number of phenols is 1. The smallest absolute Gasteiger partial charge is 0.395 e. The molecular weight excluding hydrogens is 331 g/mol. The molecule has 0 amide bonds. The largest absolute Gasteiger partial charge is 0.504 e. The zero-order chi connectivity index (χ0) is 17.9. The fourth-order valence-electron chi connectivity index (χ4n) is 2.11. The van der Waals surface area contributed by atoms with Crippen molar-refractivity contribution in [3.63, 3.8) is 0 Å². The van der Waals surface area contributed by atoms with E-state index in [1.165, 1.54) is 19.2 Å². The van der Waals surface area contributed by atoms with E-state index in [4.69, 9.17) is 9.26 Å². The zero-order valence-electron chi connectivity index (χ0n) is 14.0. The van der Waals surface area contributed by atoms with Crippen LogP contribution in [0.2, 0.25) is 0 Å². The Balaban J connectivity index is 2.13. The molecule has 0 fully saturated rings. The molecule has 1 unspecified atom stereocenters. The third-order valence-electron chi connectivity index (χ3n) is 3.63. The van der Waals surface area contributed by atoms with Gasteiger partial charge in [0.2, 0.25) is 0 Å². The number of phenolic OH excluding ortho intramolecular Hbond substituents is 1. The number of hydrogen-bond donors (Lipinski definition) is 3. The number of aryl methyl sites for hydroxylation is 2. The standard InChI is InChI=1S/C16H21N2O5P/c1-10-5-6-17-16(12(10)3)18-9-24(20,21)23-13-7-11(2)15(19)14(8-13)22-4/h5-8,19H,9H2,1-4H3,(H,17,18)(H,20,21). The van der Waals surface area contributed by atoms with Crippen LogP contribution < -0.4 is 14.6 Å². The Hall–Kier alpha value is -2.24. The van der Waals surface area contributed by atoms with Crippen LogP contribution in [0.4, 0.5) is 5.82 Å². The molecule has 0 aliphatic rings. The maximum atomic E-state index is 12.3. The van der Waals surface area contributed by atoms with Crippen molar-refractivity contribution < 1.29 is 23.8 Å². The lowest BCUT2D eigenvalue weighted by atomic mass is 10.2. The van der Waals surface area contributed by atoms with Gasteiger partial charge in [-0.3, -0.25) is 0 Å². The maximum Gasteiger partial charge on any atom is 0.395 e. The summed E-state index contributed by atoms with van der Waals surface area (Å²) in [4.78, 5) is 14.2. The first-order valence-corrected chi connectivity index (χ1v) is 9.05. The number of methoxy groups -OCH3 is 1. The van der Waals surface area contributed by atoms with Gasteiger partial charge < -0.3 is 24.6 Å². The van der Waals surface area contributed by atoms with Crippen LogP contribution in [0.5, 0.6) is 17.2 Å². The lowest BCUT2D eigenvalue weighted by Crippen LogP contribution is -2.09. The van der Waals surface area contributed by atoms with Crippen molar-refractivity contribution in [2.45, 2.75) is 20.8 Å². The molecule has 0 spiro atoms. The molecule has 0 radical (unpaired) electrons. The van der Waals surface area contributed by atoms with E-state index in [0.29, 0.717) is 11.4 Å². The number of aromatic nitrogens is 1. The summed E-state index contributed by atoms with van der Waals surface area (Å²) in [5.41, 5.74) is 2.41. The summed E-state index contributed by atoms with van der Waals surface area (Å²) >= 11 is 0. The minimum absolute atomic E-state index is 0.0321. The average molecular weight is 352 g/mol. The van der Waals surface area contributed by atoms with Crippen molar-refractivity contribution >= 4 is 13.4 Å². The Labute approximate surface area is 140 Å². The molecule has 1 aromatic carbocycles. The number of benzene rings is 1. The highest BCUT2D eigenvalue weighted by Crippen LogP contribution is 2.45. The van der Waals surface area contributed by atoms with Gasteiger partial charge in [-0.2, -0.15) is 0 Å². The van der Waals surface area contributed by atoms with Crippen LogP contribution in [0, 0.1) is 20.8 Å². The number of nitrogens with one attached hydrogen (secondary N) is 1. The highest BCUT2D eigenvalue weighted by molar-refractivity contribution is 7.53. The summed E-state index contributed by atoms with van der Waals surface area (Å²) in [5, 5.41) is 12.6. The van der Waals surface area contributed by atoms with E-state index in [2.05, 4.69) is 10.3 Å². The lowest BCUT2D eigenvalue weighted by Gasteiger charge is -2.17. The van der Waals surface area contributed by atoms with Crippen molar-refractivity contribution in [2.24, 2.45) is 0 Å². The predicted octanol–water partition coefficient (Wildman–Crippen LogP) is 3.35. The number of aromatic hydroxyl groups is 1. The summed E-state index contributed by atoms with van der Waals surface area (Å²) in [6, 6.07) is 4.69. The van der Waals surface area contributed by atoms with Gasteiger partial charge in [-0.15, -0.1) is 0 Å². The minimum Gasteiger partial charge on any atom is -0.504 e. The molecule has 0 saturated heterocycles. The Bertz CT molecular complexity index is 794. The summed E-state index contributed by atoms with van der Waals surface area (Å²) in [5.74, 6) is 0.820. The summed E-state index contributed by atoms with van der Waals surface area (Å²) in [7, 11) is -2.58. The molecule has 8 heteroatoms. The Morgan fingerprint density at radius 1 is 1.25 bits per heavy atom. The molecule has 2 rings (SSSR count). The van der Waals surface area contributed by atoms with Crippen LogP contribution >= 0.6 is 7.60 Å². The van der Waals surface area contributed by atoms with Gasteiger partial charge in [-0.25, -0.2) is 9.55 Å². The van der Waals surface area contributed by atoms with Crippen LogP contribution in [0.25, 0.3) is 0 Å². The topological polar surface area (TPSA) is 101 Å². The molecule has 2 aromatic rings. The van der Waals surface area contributed by atoms with Crippen LogP contribution in [0.1, 0.15) is 16.7 Å². The SMILES string of the molecule is COc1cc(OP(=O)(O)CNc2nccc(C)c2C)cc(C)c1O. The van der Waals surface area contributed by atoms with Gasteiger partial charge in [0.15, 0.2) is 11.5 Å². The quantitative estimate of drug-likeness (QED) is 0.685. The molecule has 130 valence electrons. The second kappa shape index (κ2) is 7.11. The first-order valence-electron chi connectivity index (χ1n) is 7.28. The normalized spacial score (nSPS) is 13.2. The Morgan fingerprint density at radius 2 is 1.96 bits per heavy atom. The molecule has 24 heavy (non-hydrogen) atoms. The Kier molecular flexibility index (Phi) is 5.36. The summed E-state index contributed by atoms with van der Waals surface area (Å²) in [6.07, 6.45) is 1.33. The number of ether oxygens (including phenoxy) is 1. The number of rotatable bonds is 6. The first kappa shape index (κ1) is 18.1. The number of anilines is 1. The number of hydrogen-bond acceptors (Lipinski definition) is 6. The van der Waals surface area contributed by atoms with E-state index in [-0.39, 0.29) is 23.5 Å². The van der Waals surface area contributed by atoms with Crippen LogP contribution in [-0.2, 0) is 4.57 Å². The highest BCUT2D eigenvalue weighted by atomic mass is 31.2. The zero-order valence-corrected chi connectivity index (χ0v) is 14.9. The Morgan fingerprint density at radius 3 is 2.62 bits per heavy atom. The van der Waals surface area contributed by atoms with Crippen molar-refractivity contribution in [1.29, 1.82) is 0 Å². The summed E-state index contributed by atoms with van der Waals surface area (Å²) < 4.78 is 22.5. The molecule has 3 N–H and O–H groups in total. The average Bonchev–Trinajstić information content (AvgIpc) is 2.52. The fourth-order valence-corrected chi connectivity index (χ4v) is 2.95. The van der Waals surface area contributed by atoms with Gasteiger partial charge >= 0.3 is 7.60 Å². The van der Waals surface area contributed by atoms with Crippen molar-refractivity contribution in [1.82, 2.24) is 4.98 Å². The van der Waals surface area contributed by atoms with Crippen LogP contribution in [0.15, 0.2) is 24.4 Å². The van der Waals surface area contributed by atoms with Gasteiger partial charge in [0.25, 0.3) is 0 Å². The fraction of sp³-hybridized carbons (Fsp3) is 0.312. The van der Waals surface area contributed by atoms with Gasteiger partial charge in [-0.1, -0.05) is 0 Å². The predicted molar refractivity (Wildman–Crippen MR) is 92.0 cm³/mol. The van der Waals surface area contributed by atoms with Gasteiger partial charge in [0.05, 0.1) is 7.11 Å². The van der Waals surface area contributed by atoms with E-state index in [0.717, 1.165) is 11.1 Å². The van der Waals surface area contributed by atoms with E-state index in [9.17, 15) is 14.6 Å². The van der Waals surface area contributed by atoms with Crippen molar-refractivity contribution in [2.75, 3.05) is 18.7 Å². The molecule has 1 atom stereocenters. The molecule has 7 nitrogen and oxygen atoms in total. The molecule has 1 aromatic heterocycles. The first-order chi connectivity index (χ1) is 11.2. The van der Waals surface area contributed by atoms with E-state index in [1.54, 1.807) is 13.1 Å². The minimum atomic E-state index is -3.97. The van der Waals surface area contributed by atoms with Gasteiger partial charge in [0, 0.05) is 12.3 Å². The molecule has 1 heterocycles. The molecule has 0 aliphatic carbocycles. The molecule has 0 bridgehead atoms. The monoisotopic (exact) mass is 352 g/mol. The highest BCUT2D eigenvalue weighted by Gasteiger charge is 2.23. The number of nitrogens with zero attached hydrogens (tertiary/aromatic N) is 1. The third kappa shape index (κ3) is 4.19. The third-order valence-corrected chi connectivity index (χ3v) is 4.68. The van der Waals surface area contributed by atoms with Crippen molar-refractivity contribution in [3.05, 3.63) is 41.1 Å². The molecular formula is C16H21N2O5P. The summed E-state index contributed by atoms with van der Waals surface area (Å²) in [6.45, 7) is 5.45. The maximum absolute atomic E-state index is 12.3. The van der Waals surface area contributed by atoms with Gasteiger partial charge in [-0.05, 0) is 49.6 Å². The molecule has 0 aliphatic heterocycles. The second-order valence-electron chi connectivity index (χ2n) is 5.46. The second-order valence-corrected chi connectivity index (χ2v) is 7.23.